The minimum absolute atomic E-state index is 0.0443. The fourth-order valence-electron chi connectivity index (χ4n) is 2.84. The topological polar surface area (TPSA) is 68.0 Å². The van der Waals surface area contributed by atoms with Crippen molar-refractivity contribution in [2.75, 3.05) is 0 Å². The maximum absolute atomic E-state index is 12.4. The second-order valence-corrected chi connectivity index (χ2v) is 5.81. The summed E-state index contributed by atoms with van der Waals surface area (Å²) in [7, 11) is 0. The predicted molar refractivity (Wildman–Crippen MR) is 75.3 cm³/mol. The Morgan fingerprint density at radius 1 is 1.58 bits per heavy atom. The Morgan fingerprint density at radius 3 is 3.00 bits per heavy atom. The van der Waals surface area contributed by atoms with Gasteiger partial charge in [0.2, 0.25) is 5.91 Å². The van der Waals surface area contributed by atoms with Crippen LogP contribution in [-0.4, -0.2) is 16.4 Å². The summed E-state index contributed by atoms with van der Waals surface area (Å²) in [6, 6.07) is 5.60. The lowest BCUT2D eigenvalue weighted by atomic mass is 9.76. The third-order valence-electron chi connectivity index (χ3n) is 3.96. The fourth-order valence-corrected chi connectivity index (χ4v) is 2.84. The molecule has 4 nitrogen and oxygen atoms in total. The van der Waals surface area contributed by atoms with Gasteiger partial charge >= 0.3 is 0 Å². The molecule has 1 aromatic rings. The zero-order valence-corrected chi connectivity index (χ0v) is 11.7. The average molecular weight is 261 g/mol. The lowest BCUT2D eigenvalue weighted by Gasteiger charge is -2.36. The quantitative estimate of drug-likeness (QED) is 0.876. The standard InChI is InChI=1S/C15H23N3O/c1-11-6-5-8-15(16,10-11)14(19)18-12(2)13-7-3-4-9-17-13/h3-4,7,9,11-12H,5-6,8,10,16H2,1-2H3,(H,18,19). The van der Waals surface area contributed by atoms with Gasteiger partial charge in [0.15, 0.2) is 0 Å². The summed E-state index contributed by atoms with van der Waals surface area (Å²) in [5.41, 5.74) is 6.44. The second kappa shape index (κ2) is 5.70. The van der Waals surface area contributed by atoms with Gasteiger partial charge in [0, 0.05) is 6.20 Å². The Labute approximate surface area is 114 Å². The van der Waals surface area contributed by atoms with Crippen LogP contribution in [0.3, 0.4) is 0 Å². The molecule has 0 saturated heterocycles. The number of pyridine rings is 1. The molecule has 1 fully saturated rings. The molecule has 0 bridgehead atoms. The Balaban J connectivity index is 2.00. The van der Waals surface area contributed by atoms with Gasteiger partial charge in [-0.25, -0.2) is 0 Å². The first-order valence-corrected chi connectivity index (χ1v) is 7.02. The number of carbonyl (C=O) groups is 1. The number of nitrogens with one attached hydrogen (secondary N) is 1. The smallest absolute Gasteiger partial charge is 0.240 e. The molecule has 4 heteroatoms. The van der Waals surface area contributed by atoms with Gasteiger partial charge in [0.05, 0.1) is 17.3 Å². The van der Waals surface area contributed by atoms with Crippen LogP contribution in [0.25, 0.3) is 0 Å². The van der Waals surface area contributed by atoms with Crippen LogP contribution in [0.5, 0.6) is 0 Å². The summed E-state index contributed by atoms with van der Waals surface area (Å²) in [6.45, 7) is 4.10. The Hall–Kier alpha value is -1.42. The molecule has 3 N–H and O–H groups in total. The maximum atomic E-state index is 12.4. The van der Waals surface area contributed by atoms with E-state index in [1.807, 2.05) is 25.1 Å². The zero-order valence-electron chi connectivity index (χ0n) is 11.7. The first kappa shape index (κ1) is 14.0. The molecule has 104 valence electrons. The molecule has 1 aromatic heterocycles. The largest absolute Gasteiger partial charge is 0.346 e. The predicted octanol–water partition coefficient (Wildman–Crippen LogP) is 2.17. The molecule has 1 aliphatic rings. The van der Waals surface area contributed by atoms with Crippen molar-refractivity contribution >= 4 is 5.91 Å². The van der Waals surface area contributed by atoms with Crippen LogP contribution in [0.1, 0.15) is 51.3 Å². The fraction of sp³-hybridized carbons (Fsp3) is 0.600. The molecular formula is C15H23N3O. The van der Waals surface area contributed by atoms with Crippen LogP contribution in [0.4, 0.5) is 0 Å². The van der Waals surface area contributed by atoms with Crippen LogP contribution in [0.15, 0.2) is 24.4 Å². The van der Waals surface area contributed by atoms with Crippen LogP contribution in [0.2, 0.25) is 0 Å². The van der Waals surface area contributed by atoms with Crippen molar-refractivity contribution in [2.24, 2.45) is 11.7 Å². The summed E-state index contributed by atoms with van der Waals surface area (Å²) in [5, 5.41) is 3.00. The summed E-state index contributed by atoms with van der Waals surface area (Å²) >= 11 is 0. The average Bonchev–Trinajstić information content (AvgIpc) is 2.39. The lowest BCUT2D eigenvalue weighted by Crippen LogP contribution is -2.56. The van der Waals surface area contributed by atoms with Gasteiger partial charge in [0.25, 0.3) is 0 Å². The van der Waals surface area contributed by atoms with Crippen molar-refractivity contribution in [3.63, 3.8) is 0 Å². The minimum Gasteiger partial charge on any atom is -0.346 e. The van der Waals surface area contributed by atoms with Crippen molar-refractivity contribution in [1.29, 1.82) is 0 Å². The minimum atomic E-state index is -0.708. The Morgan fingerprint density at radius 2 is 2.37 bits per heavy atom. The first-order valence-electron chi connectivity index (χ1n) is 7.02. The number of nitrogens with two attached hydrogens (primary N) is 1. The summed E-state index contributed by atoms with van der Waals surface area (Å²) < 4.78 is 0. The number of aromatic nitrogens is 1. The number of amides is 1. The normalized spacial score (nSPS) is 28.7. The second-order valence-electron chi connectivity index (χ2n) is 5.81. The molecule has 1 saturated carbocycles. The molecule has 0 radical (unpaired) electrons. The molecule has 3 unspecified atom stereocenters. The van der Waals surface area contributed by atoms with E-state index in [4.69, 9.17) is 5.73 Å². The molecule has 1 aliphatic carbocycles. The molecule has 0 aromatic carbocycles. The lowest BCUT2D eigenvalue weighted by molar-refractivity contribution is -0.128. The first-order chi connectivity index (χ1) is 9.01. The van der Waals surface area contributed by atoms with Gasteiger partial charge in [-0.2, -0.15) is 0 Å². The van der Waals surface area contributed by atoms with Gasteiger partial charge in [-0.05, 0) is 37.8 Å². The van der Waals surface area contributed by atoms with Crippen LogP contribution in [-0.2, 0) is 4.79 Å². The number of hydrogen-bond acceptors (Lipinski definition) is 3. The zero-order chi connectivity index (χ0) is 13.9. The van der Waals surface area contributed by atoms with Crippen molar-refractivity contribution < 1.29 is 4.79 Å². The molecule has 19 heavy (non-hydrogen) atoms. The Kier molecular flexibility index (Phi) is 4.20. The van der Waals surface area contributed by atoms with E-state index < -0.39 is 5.54 Å². The Bertz CT molecular complexity index is 434. The molecule has 0 aliphatic heterocycles. The van der Waals surface area contributed by atoms with E-state index in [1.165, 1.54) is 6.42 Å². The summed E-state index contributed by atoms with van der Waals surface area (Å²) in [6.07, 6.45) is 5.48. The maximum Gasteiger partial charge on any atom is 0.240 e. The molecule has 1 amide bonds. The number of nitrogens with zero attached hydrogens (tertiary/aromatic N) is 1. The van der Waals surface area contributed by atoms with Gasteiger partial charge in [-0.1, -0.05) is 25.8 Å². The number of carbonyl (C=O) groups excluding carboxylic acids is 1. The van der Waals surface area contributed by atoms with E-state index in [0.717, 1.165) is 25.0 Å². The molecule has 0 spiro atoms. The van der Waals surface area contributed by atoms with Gasteiger partial charge in [-0.3, -0.25) is 9.78 Å². The third kappa shape index (κ3) is 3.32. The van der Waals surface area contributed by atoms with E-state index in [1.54, 1.807) is 6.20 Å². The van der Waals surface area contributed by atoms with E-state index in [0.29, 0.717) is 5.92 Å². The van der Waals surface area contributed by atoms with Crippen molar-refractivity contribution in [3.8, 4) is 0 Å². The summed E-state index contributed by atoms with van der Waals surface area (Å²) in [4.78, 5) is 16.6. The molecule has 1 heterocycles. The van der Waals surface area contributed by atoms with E-state index in [9.17, 15) is 4.79 Å². The highest BCUT2D eigenvalue weighted by Crippen LogP contribution is 2.31. The van der Waals surface area contributed by atoms with Crippen LogP contribution < -0.4 is 11.1 Å². The third-order valence-corrected chi connectivity index (χ3v) is 3.96. The molecule has 3 atom stereocenters. The SMILES string of the molecule is CC1CCCC(N)(C(=O)NC(C)c2ccccn2)C1. The van der Waals surface area contributed by atoms with Gasteiger partial charge in [0.1, 0.15) is 0 Å². The monoisotopic (exact) mass is 261 g/mol. The van der Waals surface area contributed by atoms with E-state index in [-0.39, 0.29) is 11.9 Å². The van der Waals surface area contributed by atoms with Crippen LogP contribution >= 0.6 is 0 Å². The number of rotatable bonds is 3. The number of hydrogen-bond donors (Lipinski definition) is 2. The highest BCUT2D eigenvalue weighted by atomic mass is 16.2. The van der Waals surface area contributed by atoms with E-state index >= 15 is 0 Å². The van der Waals surface area contributed by atoms with Gasteiger partial charge in [-0.15, -0.1) is 0 Å². The molecule has 2 rings (SSSR count). The van der Waals surface area contributed by atoms with Crippen molar-refractivity contribution in [3.05, 3.63) is 30.1 Å². The van der Waals surface area contributed by atoms with Crippen molar-refractivity contribution in [1.82, 2.24) is 10.3 Å². The van der Waals surface area contributed by atoms with Crippen LogP contribution in [0, 0.1) is 5.92 Å². The summed E-state index contributed by atoms with van der Waals surface area (Å²) in [5.74, 6) is 0.479. The van der Waals surface area contributed by atoms with Crippen molar-refractivity contribution in [2.45, 2.75) is 51.1 Å². The van der Waals surface area contributed by atoms with Gasteiger partial charge < -0.3 is 11.1 Å². The van der Waals surface area contributed by atoms with E-state index in [2.05, 4.69) is 17.2 Å². The highest BCUT2D eigenvalue weighted by molar-refractivity contribution is 5.86. The molecular weight excluding hydrogens is 238 g/mol. The highest BCUT2D eigenvalue weighted by Gasteiger charge is 2.38.